The lowest BCUT2D eigenvalue weighted by Crippen LogP contribution is -1.89. The molecule has 0 nitrogen and oxygen atoms in total. The standard InChI is InChI=1S/C6H16B2/c1-2-3-4-5-6(7)8/h6H,2-5,7-8H2,1H3/i5D2,6D,7D2,8D2. The summed E-state index contributed by atoms with van der Waals surface area (Å²) >= 11 is 0. The highest BCUT2D eigenvalue weighted by Gasteiger charge is 1.91. The average Bonchev–Trinajstić information content (AvgIpc) is 2.12. The van der Waals surface area contributed by atoms with E-state index in [0.29, 0.717) is 6.42 Å². The van der Waals surface area contributed by atoms with Gasteiger partial charge in [-0.15, -0.1) is 0 Å². The third-order valence-electron chi connectivity index (χ3n) is 0.859. The normalized spacial score (nSPS) is 24.9. The first-order valence-corrected chi connectivity index (χ1v) is 2.89. The van der Waals surface area contributed by atoms with Crippen LogP contribution in [0.5, 0.6) is 0 Å². The Morgan fingerprint density at radius 2 is 2.50 bits per heavy atom. The minimum absolute atomic E-state index is 0.0233. The minimum atomic E-state index is -2.30. The maximum Gasteiger partial charge on any atom is 0.0957 e. The molecule has 0 aromatic carbocycles. The maximum atomic E-state index is 7.69. The van der Waals surface area contributed by atoms with E-state index in [1.54, 1.807) is 0 Å². The predicted molar refractivity (Wildman–Crippen MR) is 45.0 cm³/mol. The molecular weight excluding hydrogens is 93.7 g/mol. The van der Waals surface area contributed by atoms with E-state index in [4.69, 9.17) is 9.46 Å². The summed E-state index contributed by atoms with van der Waals surface area (Å²) in [5.74, 6) is 0. The maximum absolute atomic E-state index is 7.69. The lowest BCUT2D eigenvalue weighted by atomic mass is 9.68. The highest BCUT2D eigenvalue weighted by atomic mass is 13.9. The van der Waals surface area contributed by atoms with Gasteiger partial charge in [-0.25, -0.2) is 0 Å². The second kappa shape index (κ2) is 5.27. The van der Waals surface area contributed by atoms with E-state index in [1.807, 2.05) is 6.92 Å². The van der Waals surface area contributed by atoms with Gasteiger partial charge >= 0.3 is 0 Å². The summed E-state index contributed by atoms with van der Waals surface area (Å²) < 4.78 is 51.6. The molecule has 0 spiro atoms. The van der Waals surface area contributed by atoms with Crippen LogP contribution in [0, 0.1) is 0 Å². The van der Waals surface area contributed by atoms with Crippen molar-refractivity contribution < 1.29 is 4.11 Å². The molecule has 0 saturated carbocycles. The van der Waals surface area contributed by atoms with Crippen LogP contribution in [0.25, 0.3) is 0 Å². The zero-order valence-corrected chi connectivity index (χ0v) is 5.28. The van der Waals surface area contributed by atoms with Crippen LogP contribution < -0.4 is 0 Å². The summed E-state index contributed by atoms with van der Waals surface area (Å²) in [7, 11) is -3.66. The van der Waals surface area contributed by atoms with Crippen LogP contribution in [-0.4, -0.2) is 20.9 Å². The van der Waals surface area contributed by atoms with Crippen molar-refractivity contribution in [2.45, 2.75) is 38.3 Å². The molecule has 2 heteroatoms. The molecular formula is C6H16B2. The van der Waals surface area contributed by atoms with E-state index in [1.165, 1.54) is 0 Å². The Morgan fingerprint density at radius 1 is 1.75 bits per heavy atom. The van der Waals surface area contributed by atoms with Crippen molar-refractivity contribution in [3.05, 3.63) is 0 Å². The van der Waals surface area contributed by atoms with Crippen molar-refractivity contribution >= 4 is 15.5 Å². The lowest BCUT2D eigenvalue weighted by Gasteiger charge is -2.00. The van der Waals surface area contributed by atoms with Crippen LogP contribution in [0.1, 0.15) is 36.7 Å². The lowest BCUT2D eigenvalue weighted by molar-refractivity contribution is 0.689. The van der Waals surface area contributed by atoms with Gasteiger partial charge in [0.15, 0.2) is 0 Å². The Balaban J connectivity index is 4.89. The third kappa shape index (κ3) is 6.13. The molecule has 0 aliphatic carbocycles. The van der Waals surface area contributed by atoms with Crippen LogP contribution in [0.15, 0.2) is 0 Å². The second-order valence-electron chi connectivity index (χ2n) is 1.74. The van der Waals surface area contributed by atoms with E-state index < -0.39 is 27.6 Å². The first kappa shape index (κ1) is 2.07. The molecule has 0 bridgehead atoms. The van der Waals surface area contributed by atoms with Gasteiger partial charge in [0.2, 0.25) is 0 Å². The molecule has 0 unspecified atom stereocenters. The van der Waals surface area contributed by atoms with Gasteiger partial charge in [0, 0.05) is 4.11 Å². The van der Waals surface area contributed by atoms with Gasteiger partial charge in [-0.05, 0) is 5.34 Å². The van der Waals surface area contributed by atoms with Gasteiger partial charge in [-0.3, -0.25) is 0 Å². The molecule has 0 saturated heterocycles. The molecule has 0 aromatic rings. The van der Waals surface area contributed by atoms with Crippen molar-refractivity contribution in [2.75, 3.05) is 0 Å². The molecule has 46 valence electrons. The summed E-state index contributed by atoms with van der Waals surface area (Å²) in [6.45, 7) is 1.87. The fourth-order valence-electron chi connectivity index (χ4n) is 0.410. The molecule has 0 rings (SSSR count). The Labute approximate surface area is 64.5 Å². The van der Waals surface area contributed by atoms with Gasteiger partial charge in [-0.2, -0.15) is 0 Å². The quantitative estimate of drug-likeness (QED) is 0.446. The SMILES string of the molecule is [2H]B([2H])C([2H])(B([2H])[2H])C([2H])([2H])CCCC. The Kier molecular flexibility index (Phi) is 1.36. The van der Waals surface area contributed by atoms with E-state index in [0.717, 1.165) is 6.42 Å². The first-order valence-electron chi connectivity index (χ1n) is 6.70. The number of hydrogen-bond acceptors (Lipinski definition) is 0. The van der Waals surface area contributed by atoms with Crippen LogP contribution in [0.2, 0.25) is 5.69 Å². The summed E-state index contributed by atoms with van der Waals surface area (Å²) in [6.07, 6.45) is -0.829. The predicted octanol–water partition coefficient (Wildman–Crippen LogP) is 0.579. The Bertz CT molecular complexity index is 188. The fourth-order valence-corrected chi connectivity index (χ4v) is 0.410. The van der Waals surface area contributed by atoms with Crippen molar-refractivity contribution in [2.24, 2.45) is 0 Å². The largest absolute Gasteiger partial charge is 0.0959 e. The monoisotopic (exact) mass is 117 g/mol. The van der Waals surface area contributed by atoms with Gasteiger partial charge < -0.3 is 0 Å². The van der Waals surface area contributed by atoms with E-state index >= 15 is 0 Å². The average molecular weight is 117 g/mol. The third-order valence-corrected chi connectivity index (χ3v) is 0.859. The van der Waals surface area contributed by atoms with Crippen LogP contribution in [0.4, 0.5) is 0 Å². The molecule has 0 aliphatic heterocycles. The number of hydrogen-bond donors (Lipinski definition) is 0. The van der Waals surface area contributed by atoms with Gasteiger partial charge in [0.25, 0.3) is 0 Å². The Hall–Kier alpha value is 0.130. The minimum Gasteiger partial charge on any atom is -0.0959 e. The van der Waals surface area contributed by atoms with Gasteiger partial charge in [0.1, 0.15) is 0 Å². The van der Waals surface area contributed by atoms with Crippen molar-refractivity contribution in [3.8, 4) is 0 Å². The highest BCUT2D eigenvalue weighted by Crippen LogP contribution is 2.06. The summed E-state index contributed by atoms with van der Waals surface area (Å²) in [5, 5.41) is 0. The second-order valence-corrected chi connectivity index (χ2v) is 1.74. The zero-order chi connectivity index (χ0) is 12.3. The Morgan fingerprint density at radius 3 is 3.00 bits per heavy atom. The molecule has 0 atom stereocenters. The van der Waals surface area contributed by atoms with Crippen LogP contribution in [0.3, 0.4) is 0 Å². The highest BCUT2D eigenvalue weighted by molar-refractivity contribution is 6.35. The van der Waals surface area contributed by atoms with E-state index in [2.05, 4.69) is 0 Å². The molecule has 0 amide bonds. The zero-order valence-electron chi connectivity index (χ0n) is 12.3. The summed E-state index contributed by atoms with van der Waals surface area (Å²) in [6, 6.07) is 0. The molecule has 0 heterocycles. The molecule has 8 heavy (non-hydrogen) atoms. The molecule has 0 fully saturated rings. The molecule has 0 aromatic heterocycles. The van der Waals surface area contributed by atoms with Crippen LogP contribution in [-0.2, 0) is 0 Å². The van der Waals surface area contributed by atoms with Gasteiger partial charge in [-0.1, -0.05) is 38.3 Å². The van der Waals surface area contributed by atoms with Gasteiger partial charge in [0.05, 0.1) is 15.5 Å². The number of unbranched alkanes of at least 4 members (excludes halogenated alkanes) is 1. The number of rotatable bonds is 6. The van der Waals surface area contributed by atoms with Crippen molar-refractivity contribution in [1.82, 2.24) is 0 Å². The molecule has 0 radical (unpaired) electrons. The topological polar surface area (TPSA) is 0 Å². The molecule has 0 aliphatic rings. The van der Waals surface area contributed by atoms with E-state index in [9.17, 15) is 0 Å². The summed E-state index contributed by atoms with van der Waals surface area (Å²) in [5.41, 5.74) is -2.30. The fraction of sp³-hybridized carbons (Fsp3) is 1.00. The smallest absolute Gasteiger partial charge is 0.0957 e. The first-order chi connectivity index (χ1) is 6.70. The summed E-state index contributed by atoms with van der Waals surface area (Å²) in [4.78, 5) is 0. The molecule has 0 N–H and O–H groups in total. The van der Waals surface area contributed by atoms with Crippen molar-refractivity contribution in [1.29, 1.82) is 5.34 Å². The van der Waals surface area contributed by atoms with Crippen LogP contribution >= 0.6 is 0 Å². The van der Waals surface area contributed by atoms with Crippen molar-refractivity contribution in [3.63, 3.8) is 0 Å². The van der Waals surface area contributed by atoms with E-state index in [-0.39, 0.29) is 6.42 Å².